The Labute approximate surface area is 494 Å². The number of esters is 1. The molecule has 0 heterocycles. The number of ether oxygens (including phenoxy) is 1. The summed E-state index contributed by atoms with van der Waals surface area (Å²) in [7, 11) is 0. The number of allylic oxidation sites excluding steroid dienone is 4. The van der Waals surface area contributed by atoms with Gasteiger partial charge in [0, 0.05) is 12.8 Å². The molecule has 2 unspecified atom stereocenters. The summed E-state index contributed by atoms with van der Waals surface area (Å²) in [5.41, 5.74) is 0. The predicted octanol–water partition coefficient (Wildman–Crippen LogP) is 23.3. The highest BCUT2D eigenvalue weighted by Gasteiger charge is 2.20. The average molecular weight is 1110 g/mol. The van der Waals surface area contributed by atoms with Crippen LogP contribution in [-0.2, 0) is 14.3 Å². The first kappa shape index (κ1) is 77.3. The van der Waals surface area contributed by atoms with Crippen LogP contribution in [0, 0.1) is 0 Å². The van der Waals surface area contributed by atoms with Gasteiger partial charge in [-0.3, -0.25) is 9.59 Å². The van der Waals surface area contributed by atoms with Gasteiger partial charge in [0.25, 0.3) is 0 Å². The molecule has 0 saturated carbocycles. The lowest BCUT2D eigenvalue weighted by molar-refractivity contribution is -0.143. The molecular weight excluding hydrogens is 971 g/mol. The fourth-order valence-corrected chi connectivity index (χ4v) is 11.5. The van der Waals surface area contributed by atoms with Crippen LogP contribution in [0.25, 0.3) is 0 Å². The number of hydrogen-bond acceptors (Lipinski definition) is 5. The van der Waals surface area contributed by atoms with E-state index >= 15 is 0 Å². The third-order valence-corrected chi connectivity index (χ3v) is 17.0. The van der Waals surface area contributed by atoms with Crippen LogP contribution in [0.2, 0.25) is 0 Å². The summed E-state index contributed by atoms with van der Waals surface area (Å²) in [6.07, 6.45) is 86.6. The van der Waals surface area contributed by atoms with E-state index in [1.807, 2.05) is 0 Å². The first-order valence-electron chi connectivity index (χ1n) is 36.1. The van der Waals surface area contributed by atoms with E-state index in [0.29, 0.717) is 25.9 Å². The second kappa shape index (κ2) is 68.8. The van der Waals surface area contributed by atoms with E-state index in [0.717, 1.165) is 51.4 Å². The summed E-state index contributed by atoms with van der Waals surface area (Å²) in [4.78, 5) is 24.6. The molecular formula is C73H141NO5. The Kier molecular flexibility index (Phi) is 67.4. The largest absolute Gasteiger partial charge is 0.466 e. The fraction of sp³-hybridized carbons (Fsp3) is 0.918. The molecule has 0 rings (SSSR count). The van der Waals surface area contributed by atoms with Crippen molar-refractivity contribution < 1.29 is 24.5 Å². The van der Waals surface area contributed by atoms with E-state index in [1.165, 1.54) is 321 Å². The van der Waals surface area contributed by atoms with Gasteiger partial charge in [-0.2, -0.15) is 0 Å². The fourth-order valence-electron chi connectivity index (χ4n) is 11.5. The number of carbonyl (C=O) groups is 2. The number of carbonyl (C=O) groups excluding carboxylic acids is 2. The Morgan fingerprint density at radius 2 is 0.658 bits per heavy atom. The van der Waals surface area contributed by atoms with E-state index in [-0.39, 0.29) is 18.5 Å². The minimum absolute atomic E-state index is 0.00414. The topological polar surface area (TPSA) is 95.9 Å². The van der Waals surface area contributed by atoms with Gasteiger partial charge in [-0.25, -0.2) is 0 Å². The molecule has 0 aliphatic rings. The molecule has 0 aliphatic heterocycles. The number of amides is 1. The van der Waals surface area contributed by atoms with Crippen LogP contribution >= 0.6 is 0 Å². The standard InChI is InChI=1S/C73H141NO5/c1-3-5-7-9-11-13-15-17-18-19-20-29-32-35-38-42-45-49-53-57-61-65-71(76)70(69-75)74-72(77)66-62-58-54-50-46-43-39-36-33-30-27-25-23-21-22-24-26-28-31-34-37-40-44-48-52-56-60-64-68-79-73(78)67-63-59-55-51-47-41-16-14-12-10-8-6-4-2/h8,10,14,16,70-71,75-76H,3-7,9,11-13,15,17-69H2,1-2H3,(H,74,77)/b10-8-,16-14-. The maximum Gasteiger partial charge on any atom is 0.305 e. The number of aliphatic hydroxyl groups is 2. The molecule has 0 aromatic rings. The first-order chi connectivity index (χ1) is 39.0. The van der Waals surface area contributed by atoms with E-state index in [1.54, 1.807) is 0 Å². The minimum Gasteiger partial charge on any atom is -0.466 e. The number of hydrogen-bond donors (Lipinski definition) is 3. The van der Waals surface area contributed by atoms with Crippen LogP contribution in [0.4, 0.5) is 0 Å². The molecule has 0 fully saturated rings. The Morgan fingerprint density at radius 1 is 0.354 bits per heavy atom. The van der Waals surface area contributed by atoms with Crippen LogP contribution in [0.5, 0.6) is 0 Å². The Hall–Kier alpha value is -1.66. The smallest absolute Gasteiger partial charge is 0.305 e. The number of unbranched alkanes of at least 4 members (excludes halogenated alkanes) is 53. The van der Waals surface area contributed by atoms with Crippen molar-refractivity contribution in [2.24, 2.45) is 0 Å². The van der Waals surface area contributed by atoms with Gasteiger partial charge < -0.3 is 20.3 Å². The Balaban J connectivity index is 3.35. The van der Waals surface area contributed by atoms with E-state index in [4.69, 9.17) is 4.74 Å². The molecule has 1 amide bonds. The highest BCUT2D eigenvalue weighted by molar-refractivity contribution is 5.76. The van der Waals surface area contributed by atoms with Crippen molar-refractivity contribution in [3.8, 4) is 0 Å². The van der Waals surface area contributed by atoms with Crippen molar-refractivity contribution in [3.05, 3.63) is 24.3 Å². The van der Waals surface area contributed by atoms with Crippen molar-refractivity contribution in [2.75, 3.05) is 13.2 Å². The molecule has 3 N–H and O–H groups in total. The third-order valence-electron chi connectivity index (χ3n) is 17.0. The van der Waals surface area contributed by atoms with Gasteiger partial charge in [0.05, 0.1) is 25.4 Å². The van der Waals surface area contributed by atoms with Crippen molar-refractivity contribution >= 4 is 11.9 Å². The van der Waals surface area contributed by atoms with E-state index < -0.39 is 12.1 Å². The van der Waals surface area contributed by atoms with Crippen molar-refractivity contribution in [2.45, 2.75) is 418 Å². The quantitative estimate of drug-likeness (QED) is 0.0320. The van der Waals surface area contributed by atoms with Gasteiger partial charge >= 0.3 is 5.97 Å². The van der Waals surface area contributed by atoms with Gasteiger partial charge in [-0.05, 0) is 51.4 Å². The Morgan fingerprint density at radius 3 is 1.01 bits per heavy atom. The molecule has 0 aromatic heterocycles. The normalized spacial score (nSPS) is 12.6. The molecule has 0 aromatic carbocycles. The second-order valence-corrected chi connectivity index (χ2v) is 24.9. The number of nitrogens with one attached hydrogen (secondary N) is 1. The molecule has 6 nitrogen and oxygen atoms in total. The highest BCUT2D eigenvalue weighted by atomic mass is 16.5. The van der Waals surface area contributed by atoms with E-state index in [9.17, 15) is 19.8 Å². The maximum absolute atomic E-state index is 12.6. The summed E-state index contributed by atoms with van der Waals surface area (Å²) < 4.78 is 5.48. The second-order valence-electron chi connectivity index (χ2n) is 24.9. The summed E-state index contributed by atoms with van der Waals surface area (Å²) >= 11 is 0. The lowest BCUT2D eigenvalue weighted by atomic mass is 10.0. The van der Waals surface area contributed by atoms with Crippen molar-refractivity contribution in [1.82, 2.24) is 5.32 Å². The summed E-state index contributed by atoms with van der Waals surface area (Å²) in [6.45, 7) is 4.93. The molecule has 0 radical (unpaired) electrons. The molecule has 79 heavy (non-hydrogen) atoms. The van der Waals surface area contributed by atoms with Crippen molar-refractivity contribution in [3.63, 3.8) is 0 Å². The van der Waals surface area contributed by atoms with Gasteiger partial charge in [0.15, 0.2) is 0 Å². The zero-order chi connectivity index (χ0) is 57.1. The SMILES string of the molecule is CCC/C=C\C/C=C\CCCCCCCC(=O)OCCCCCCCCCCCCCCCCCCCCCCCCCCCCCCC(=O)NC(CO)C(O)CCCCCCCCCCCCCCCCCCCCCCC. The summed E-state index contributed by atoms with van der Waals surface area (Å²) in [5, 5.41) is 23.4. The minimum atomic E-state index is -0.663. The third kappa shape index (κ3) is 65.4. The van der Waals surface area contributed by atoms with Gasteiger partial charge in [0.2, 0.25) is 5.91 Å². The highest BCUT2D eigenvalue weighted by Crippen LogP contribution is 2.19. The van der Waals surface area contributed by atoms with Crippen LogP contribution in [-0.4, -0.2) is 47.4 Å². The lowest BCUT2D eigenvalue weighted by Gasteiger charge is -2.22. The van der Waals surface area contributed by atoms with Crippen molar-refractivity contribution in [1.29, 1.82) is 0 Å². The van der Waals surface area contributed by atoms with Gasteiger partial charge in [-0.15, -0.1) is 0 Å². The van der Waals surface area contributed by atoms with Crippen LogP contribution < -0.4 is 5.32 Å². The number of aliphatic hydroxyl groups excluding tert-OH is 2. The summed E-state index contributed by atoms with van der Waals surface area (Å²) in [6, 6.07) is -0.540. The zero-order valence-corrected chi connectivity index (χ0v) is 53.6. The molecule has 6 heteroatoms. The zero-order valence-electron chi connectivity index (χ0n) is 53.6. The predicted molar refractivity (Wildman–Crippen MR) is 347 cm³/mol. The molecule has 2 atom stereocenters. The van der Waals surface area contributed by atoms with E-state index in [2.05, 4.69) is 43.5 Å². The van der Waals surface area contributed by atoms with Crippen LogP contribution in [0.15, 0.2) is 24.3 Å². The molecule has 0 saturated heterocycles. The average Bonchev–Trinajstić information content (AvgIpc) is 3.45. The monoisotopic (exact) mass is 1110 g/mol. The molecule has 0 spiro atoms. The lowest BCUT2D eigenvalue weighted by Crippen LogP contribution is -2.45. The molecule has 0 aliphatic carbocycles. The summed E-state index contributed by atoms with van der Waals surface area (Å²) in [5.74, 6) is -0.0231. The maximum atomic E-state index is 12.6. The first-order valence-corrected chi connectivity index (χ1v) is 36.1. The van der Waals surface area contributed by atoms with Crippen LogP contribution in [0.3, 0.4) is 0 Å². The van der Waals surface area contributed by atoms with Crippen LogP contribution in [0.1, 0.15) is 406 Å². The van der Waals surface area contributed by atoms with Gasteiger partial charge in [0.1, 0.15) is 0 Å². The molecule has 0 bridgehead atoms. The molecule has 468 valence electrons. The number of rotatable bonds is 68. The Bertz CT molecular complexity index is 1230. The van der Waals surface area contributed by atoms with Gasteiger partial charge in [-0.1, -0.05) is 366 Å².